The highest BCUT2D eigenvalue weighted by Gasteiger charge is 2.19. The number of aryl methyl sites for hydroxylation is 2. The third-order valence-electron chi connectivity index (χ3n) is 6.48. The van der Waals surface area contributed by atoms with Crippen molar-refractivity contribution in [1.82, 2.24) is 29.3 Å². The molecule has 0 fully saturated rings. The number of nitrogen functional groups attached to an aromatic ring is 1. The number of pyridine rings is 2. The Labute approximate surface area is 211 Å². The van der Waals surface area contributed by atoms with Crippen LogP contribution in [0, 0.1) is 13.8 Å². The number of para-hydroxylation sites is 1. The van der Waals surface area contributed by atoms with E-state index in [2.05, 4.69) is 9.97 Å². The third-order valence-corrected chi connectivity index (χ3v) is 6.48. The Hall–Kier alpha value is -5.05. The van der Waals surface area contributed by atoms with E-state index in [9.17, 15) is 9.90 Å². The molecule has 9 nitrogen and oxygen atoms in total. The topological polar surface area (TPSA) is 125 Å². The molecule has 3 N–H and O–H groups in total. The number of benzene rings is 2. The molecule has 182 valence electrons. The molecule has 0 aliphatic rings. The Morgan fingerprint density at radius 2 is 1.78 bits per heavy atom. The van der Waals surface area contributed by atoms with E-state index in [-0.39, 0.29) is 11.3 Å². The van der Waals surface area contributed by atoms with Gasteiger partial charge >= 0.3 is 0 Å². The summed E-state index contributed by atoms with van der Waals surface area (Å²) in [5.41, 5.74) is 11.9. The fourth-order valence-corrected chi connectivity index (χ4v) is 4.75. The van der Waals surface area contributed by atoms with Gasteiger partial charge in [0.1, 0.15) is 23.6 Å². The number of rotatable bonds is 4. The number of nitrogens with two attached hydrogens (primary N) is 1. The quantitative estimate of drug-likeness (QED) is 0.381. The van der Waals surface area contributed by atoms with Crippen LogP contribution in [0.4, 0.5) is 5.82 Å². The zero-order chi connectivity index (χ0) is 25.7. The Morgan fingerprint density at radius 1 is 0.946 bits per heavy atom. The highest BCUT2D eigenvalue weighted by molar-refractivity contribution is 5.98. The van der Waals surface area contributed by atoms with Gasteiger partial charge in [0.25, 0.3) is 5.56 Å². The minimum Gasteiger partial charge on any atom is -0.508 e. The molecule has 37 heavy (non-hydrogen) atoms. The van der Waals surface area contributed by atoms with E-state index in [0.717, 1.165) is 22.5 Å². The predicted molar refractivity (Wildman–Crippen MR) is 143 cm³/mol. The van der Waals surface area contributed by atoms with Crippen molar-refractivity contribution in [3.05, 3.63) is 100 Å². The van der Waals surface area contributed by atoms with Gasteiger partial charge in [-0.1, -0.05) is 30.3 Å². The minimum atomic E-state index is -0.112. The number of aromatic hydroxyl groups is 1. The third kappa shape index (κ3) is 3.77. The fourth-order valence-electron chi connectivity index (χ4n) is 4.75. The summed E-state index contributed by atoms with van der Waals surface area (Å²) in [6.45, 7) is 4.20. The number of anilines is 1. The summed E-state index contributed by atoms with van der Waals surface area (Å²) in [6.07, 6.45) is 3.16. The van der Waals surface area contributed by atoms with Crippen LogP contribution < -0.4 is 11.3 Å². The lowest BCUT2D eigenvalue weighted by Gasteiger charge is -2.12. The van der Waals surface area contributed by atoms with Crippen molar-refractivity contribution in [3.8, 4) is 22.7 Å². The zero-order valence-electron chi connectivity index (χ0n) is 20.3. The second-order valence-corrected chi connectivity index (χ2v) is 8.98. The Kier molecular flexibility index (Phi) is 5.19. The number of fused-ring (bicyclic) bond motifs is 2. The first-order valence-electron chi connectivity index (χ1n) is 11.7. The maximum absolute atomic E-state index is 13.4. The van der Waals surface area contributed by atoms with E-state index in [1.165, 1.54) is 6.33 Å². The van der Waals surface area contributed by atoms with Crippen molar-refractivity contribution >= 4 is 27.8 Å². The van der Waals surface area contributed by atoms with Gasteiger partial charge < -0.3 is 10.8 Å². The summed E-state index contributed by atoms with van der Waals surface area (Å²) in [5, 5.41) is 15.9. The molecule has 4 heterocycles. The number of aromatic nitrogens is 6. The van der Waals surface area contributed by atoms with Crippen molar-refractivity contribution in [2.45, 2.75) is 20.4 Å². The van der Waals surface area contributed by atoms with Gasteiger partial charge in [0, 0.05) is 11.8 Å². The molecular weight excluding hydrogens is 466 g/mol. The number of hydrogen-bond donors (Lipinski definition) is 2. The van der Waals surface area contributed by atoms with Crippen LogP contribution in [0.2, 0.25) is 0 Å². The highest BCUT2D eigenvalue weighted by Crippen LogP contribution is 2.32. The molecule has 0 aliphatic carbocycles. The van der Waals surface area contributed by atoms with E-state index in [0.29, 0.717) is 45.6 Å². The molecular formula is C28H23N7O2. The van der Waals surface area contributed by atoms with Crippen molar-refractivity contribution in [3.63, 3.8) is 0 Å². The molecule has 6 rings (SSSR count). The Bertz CT molecular complexity index is 1890. The lowest BCUT2D eigenvalue weighted by molar-refractivity contribution is 0.475. The zero-order valence-corrected chi connectivity index (χ0v) is 20.3. The number of phenolic OH excluding ortho intramolecular Hbond substituents is 1. The first-order valence-corrected chi connectivity index (χ1v) is 11.7. The summed E-state index contributed by atoms with van der Waals surface area (Å²) < 4.78 is 3.38. The van der Waals surface area contributed by atoms with Crippen molar-refractivity contribution in [2.24, 2.45) is 0 Å². The first kappa shape index (κ1) is 22.4. The second kappa shape index (κ2) is 8.56. The van der Waals surface area contributed by atoms with Gasteiger partial charge in [-0.05, 0) is 55.3 Å². The molecule has 0 unspecified atom stereocenters. The second-order valence-electron chi connectivity index (χ2n) is 8.98. The van der Waals surface area contributed by atoms with E-state index in [1.54, 1.807) is 33.6 Å². The standard InChI is InChI=1S/C28H23N7O2/c1-16-6-3-4-9-22(16)34-11-10-21-23(28(34)37)17(2)12-19(32-21)14-35-27-24(26(29)30-15-31-27)25(33-35)18-7-5-8-20(36)13-18/h3-13,15,36H,14H2,1-2H3,(H2,29,30,31). The maximum Gasteiger partial charge on any atom is 0.264 e. The highest BCUT2D eigenvalue weighted by atomic mass is 16.3. The molecule has 0 radical (unpaired) electrons. The molecule has 9 heteroatoms. The Balaban J connectivity index is 1.46. The summed E-state index contributed by atoms with van der Waals surface area (Å²) in [7, 11) is 0. The van der Waals surface area contributed by atoms with Gasteiger partial charge in [0.2, 0.25) is 0 Å². The lowest BCUT2D eigenvalue weighted by Crippen LogP contribution is -2.20. The van der Waals surface area contributed by atoms with Crippen molar-refractivity contribution in [2.75, 3.05) is 5.73 Å². The number of phenols is 1. The van der Waals surface area contributed by atoms with Crippen LogP contribution in [0.15, 0.2) is 78.0 Å². The van der Waals surface area contributed by atoms with E-state index in [4.69, 9.17) is 15.8 Å². The SMILES string of the molecule is Cc1ccccc1-n1ccc2nc(Cn3nc(-c4cccc(O)c4)c4c(N)ncnc43)cc(C)c2c1=O. The molecule has 0 spiro atoms. The van der Waals surface area contributed by atoms with E-state index >= 15 is 0 Å². The molecule has 0 aliphatic heterocycles. The summed E-state index contributed by atoms with van der Waals surface area (Å²) in [5.74, 6) is 0.424. The van der Waals surface area contributed by atoms with Gasteiger partial charge in [-0.15, -0.1) is 0 Å². The van der Waals surface area contributed by atoms with Gasteiger partial charge in [-0.2, -0.15) is 5.10 Å². The molecule has 4 aromatic heterocycles. The van der Waals surface area contributed by atoms with Crippen LogP contribution in [0.25, 0.3) is 38.9 Å². The van der Waals surface area contributed by atoms with Gasteiger partial charge in [-0.3, -0.25) is 14.3 Å². The lowest BCUT2D eigenvalue weighted by atomic mass is 10.1. The summed E-state index contributed by atoms with van der Waals surface area (Å²) in [4.78, 5) is 26.8. The monoisotopic (exact) mass is 489 g/mol. The van der Waals surface area contributed by atoms with E-state index < -0.39 is 0 Å². The van der Waals surface area contributed by atoms with Gasteiger partial charge in [0.15, 0.2) is 5.65 Å². The molecule has 0 atom stereocenters. The first-order chi connectivity index (χ1) is 17.9. The minimum absolute atomic E-state index is 0.112. The van der Waals surface area contributed by atoms with Crippen LogP contribution in [-0.2, 0) is 6.54 Å². The van der Waals surface area contributed by atoms with Crippen molar-refractivity contribution < 1.29 is 5.11 Å². The predicted octanol–water partition coefficient (Wildman–Crippen LogP) is 4.15. The van der Waals surface area contributed by atoms with Gasteiger partial charge in [-0.25, -0.2) is 14.6 Å². The number of hydrogen-bond acceptors (Lipinski definition) is 7. The summed E-state index contributed by atoms with van der Waals surface area (Å²) >= 11 is 0. The molecule has 0 saturated carbocycles. The van der Waals surface area contributed by atoms with Crippen LogP contribution in [0.3, 0.4) is 0 Å². The van der Waals surface area contributed by atoms with Crippen LogP contribution in [0.5, 0.6) is 5.75 Å². The number of nitrogens with zero attached hydrogens (tertiary/aromatic N) is 6. The summed E-state index contributed by atoms with van der Waals surface area (Å²) in [6, 6.07) is 18.3. The average Bonchev–Trinajstić information content (AvgIpc) is 3.24. The molecule has 0 amide bonds. The molecule has 0 bridgehead atoms. The Morgan fingerprint density at radius 3 is 2.59 bits per heavy atom. The van der Waals surface area contributed by atoms with E-state index in [1.807, 2.05) is 56.3 Å². The normalized spacial score (nSPS) is 11.4. The molecule has 6 aromatic rings. The van der Waals surface area contributed by atoms with Crippen molar-refractivity contribution in [1.29, 1.82) is 0 Å². The largest absolute Gasteiger partial charge is 0.508 e. The molecule has 0 saturated heterocycles. The average molecular weight is 490 g/mol. The van der Waals surface area contributed by atoms with Gasteiger partial charge in [0.05, 0.1) is 34.2 Å². The maximum atomic E-state index is 13.4. The fraction of sp³-hybridized carbons (Fsp3) is 0.107. The van der Waals surface area contributed by atoms with Crippen LogP contribution >= 0.6 is 0 Å². The smallest absolute Gasteiger partial charge is 0.264 e. The van der Waals surface area contributed by atoms with Crippen LogP contribution in [0.1, 0.15) is 16.8 Å². The molecule has 2 aromatic carbocycles. The van der Waals surface area contributed by atoms with Crippen LogP contribution in [-0.4, -0.2) is 34.4 Å².